The second-order valence-electron chi connectivity index (χ2n) is 1.88. The lowest BCUT2D eigenvalue weighted by atomic mass is 10.2. The molecule has 0 spiro atoms. The van der Waals surface area contributed by atoms with E-state index < -0.39 is 18.0 Å². The highest BCUT2D eigenvalue weighted by atomic mass is 27.0. The van der Waals surface area contributed by atoms with E-state index in [0.717, 1.165) is 0 Å². The Kier molecular flexibility index (Phi) is 7.31. The van der Waals surface area contributed by atoms with Gasteiger partial charge >= 0.3 is 11.9 Å². The van der Waals surface area contributed by atoms with Crippen LogP contribution in [0.25, 0.3) is 0 Å². The molecule has 11 heavy (non-hydrogen) atoms. The van der Waals surface area contributed by atoms with Crippen molar-refractivity contribution < 1.29 is 19.8 Å². The number of carboxylic acids is 2. The zero-order valence-corrected chi connectivity index (χ0v) is 7.01. The Morgan fingerprint density at radius 1 is 1.36 bits per heavy atom. The monoisotopic (exact) mass is 174 g/mol. The summed E-state index contributed by atoms with van der Waals surface area (Å²) < 4.78 is 0. The minimum Gasteiger partial charge on any atom is -0.481 e. The number of hydrogen-bond acceptors (Lipinski definition) is 3. The van der Waals surface area contributed by atoms with Crippen molar-refractivity contribution in [1.82, 2.24) is 0 Å². The van der Waals surface area contributed by atoms with Crippen LogP contribution in [0.5, 0.6) is 0 Å². The van der Waals surface area contributed by atoms with E-state index in [1.807, 2.05) is 0 Å². The maximum absolute atomic E-state index is 9.99. The zero-order chi connectivity index (χ0) is 8.15. The summed E-state index contributed by atoms with van der Waals surface area (Å²) >= 11 is 0. The highest BCUT2D eigenvalue weighted by Gasteiger charge is 2.12. The third-order valence-electron chi connectivity index (χ3n) is 0.986. The van der Waals surface area contributed by atoms with Crippen LogP contribution in [0.4, 0.5) is 0 Å². The van der Waals surface area contributed by atoms with Crippen molar-refractivity contribution in [2.24, 2.45) is 5.73 Å². The largest absolute Gasteiger partial charge is 0.481 e. The summed E-state index contributed by atoms with van der Waals surface area (Å²) in [5.74, 6) is -2.20. The van der Waals surface area contributed by atoms with Crippen LogP contribution < -0.4 is 5.73 Å². The lowest BCUT2D eigenvalue weighted by Gasteiger charge is -2.01. The van der Waals surface area contributed by atoms with Crippen LogP contribution in [0.3, 0.4) is 0 Å². The highest BCUT2D eigenvalue weighted by Crippen LogP contribution is 1.93. The first kappa shape index (κ1) is 13.1. The van der Waals surface area contributed by atoms with Crippen molar-refractivity contribution in [3.63, 3.8) is 0 Å². The maximum atomic E-state index is 9.99. The van der Waals surface area contributed by atoms with Crippen LogP contribution in [-0.4, -0.2) is 45.6 Å². The molecule has 61 valence electrons. The number of aliphatic carboxylic acids is 2. The molecule has 0 aliphatic heterocycles. The summed E-state index contributed by atoms with van der Waals surface area (Å²) in [6, 6.07) is -1.06. The summed E-state index contributed by atoms with van der Waals surface area (Å²) in [4.78, 5) is 19.9. The number of rotatable bonds is 4. The molecule has 0 bridgehead atoms. The highest BCUT2D eigenvalue weighted by molar-refractivity contribution is 5.75. The molecule has 0 unspecified atom stereocenters. The number of hydrogen-bond donors (Lipinski definition) is 3. The molecular weight excluding hydrogens is 165 g/mol. The number of nitrogens with two attached hydrogens (primary N) is 1. The Labute approximate surface area is 74.3 Å². The first-order valence-electron chi connectivity index (χ1n) is 2.74. The quantitative estimate of drug-likeness (QED) is 0.469. The summed E-state index contributed by atoms with van der Waals surface area (Å²) in [6.07, 6.45) is -0.224. The van der Waals surface area contributed by atoms with E-state index >= 15 is 0 Å². The van der Waals surface area contributed by atoms with Crippen molar-refractivity contribution in [3.8, 4) is 0 Å². The van der Waals surface area contributed by atoms with Gasteiger partial charge in [0.15, 0.2) is 0 Å². The van der Waals surface area contributed by atoms with E-state index in [1.165, 1.54) is 0 Å². The summed E-state index contributed by atoms with van der Waals surface area (Å²) in [6.45, 7) is 0. The van der Waals surface area contributed by atoms with Gasteiger partial charge in [0, 0.05) is 23.8 Å². The molecule has 0 amide bonds. The average molecular weight is 174 g/mol. The predicted octanol–water partition coefficient (Wildman–Crippen LogP) is -1.12. The van der Waals surface area contributed by atoms with Gasteiger partial charge in [-0.25, -0.2) is 0 Å². The smallest absolute Gasteiger partial charge is 0.320 e. The molecule has 3 radical (unpaired) electrons. The van der Waals surface area contributed by atoms with Crippen molar-refractivity contribution in [2.75, 3.05) is 0 Å². The molecule has 0 aromatic heterocycles. The van der Waals surface area contributed by atoms with Crippen molar-refractivity contribution in [1.29, 1.82) is 0 Å². The summed E-state index contributed by atoms with van der Waals surface area (Å²) in [5.41, 5.74) is 5.00. The Hall–Kier alpha value is -0.568. The molecule has 0 saturated heterocycles. The fraction of sp³-hybridized carbons (Fsp3) is 0.600. The molecule has 0 fully saturated rings. The van der Waals surface area contributed by atoms with E-state index in [4.69, 9.17) is 15.9 Å². The van der Waals surface area contributed by atoms with Crippen LogP contribution >= 0.6 is 0 Å². The van der Waals surface area contributed by atoms with Gasteiger partial charge in [-0.2, -0.15) is 0 Å². The fourth-order valence-electron chi connectivity index (χ4n) is 0.402. The third-order valence-corrected chi connectivity index (χ3v) is 0.986. The Bertz CT molecular complexity index is 149. The van der Waals surface area contributed by atoms with Crippen LogP contribution in [0.2, 0.25) is 0 Å². The summed E-state index contributed by atoms with van der Waals surface area (Å²) in [7, 11) is 0. The molecule has 5 nitrogen and oxygen atoms in total. The van der Waals surface area contributed by atoms with Gasteiger partial charge in [0.25, 0.3) is 0 Å². The Morgan fingerprint density at radius 3 is 2.09 bits per heavy atom. The third kappa shape index (κ3) is 7.33. The minimum absolute atomic E-state index is 0. The normalized spacial score (nSPS) is 11.4. The second-order valence-corrected chi connectivity index (χ2v) is 1.88. The Balaban J connectivity index is 0. The summed E-state index contributed by atoms with van der Waals surface area (Å²) in [5, 5.41) is 16.3. The van der Waals surface area contributed by atoms with Crippen LogP contribution in [0.15, 0.2) is 0 Å². The molecule has 0 rings (SSSR count). The molecule has 0 heterocycles. The molecule has 4 N–H and O–H groups in total. The Morgan fingerprint density at radius 2 is 1.82 bits per heavy atom. The van der Waals surface area contributed by atoms with E-state index in [2.05, 4.69) is 0 Å². The minimum atomic E-state index is -1.17. The first-order chi connectivity index (χ1) is 4.54. The van der Waals surface area contributed by atoms with Crippen LogP contribution in [-0.2, 0) is 9.59 Å². The molecule has 0 saturated carbocycles. The molecule has 6 heteroatoms. The van der Waals surface area contributed by atoms with E-state index in [9.17, 15) is 9.59 Å². The van der Waals surface area contributed by atoms with E-state index in [0.29, 0.717) is 0 Å². The van der Waals surface area contributed by atoms with Gasteiger partial charge in [-0.1, -0.05) is 0 Å². The van der Waals surface area contributed by atoms with Crippen molar-refractivity contribution in [3.05, 3.63) is 0 Å². The zero-order valence-electron chi connectivity index (χ0n) is 5.86. The second kappa shape index (κ2) is 6.16. The SMILES string of the molecule is N[C@@H](CCC(=O)O)C(=O)O.[Al]. The topological polar surface area (TPSA) is 101 Å². The standard InChI is InChI=1S/C5H9NO4.Al/c6-3(5(9)10)1-2-4(7)8;/h3H,1-2,6H2,(H,7,8)(H,9,10);/t3-;/m0./s1. The molecule has 0 aromatic carbocycles. The average Bonchev–Trinajstić information content (AvgIpc) is 1.82. The van der Waals surface area contributed by atoms with Gasteiger partial charge in [0.05, 0.1) is 0 Å². The van der Waals surface area contributed by atoms with Gasteiger partial charge in [0.1, 0.15) is 6.04 Å². The lowest BCUT2D eigenvalue weighted by molar-refractivity contribution is -0.139. The fourth-order valence-corrected chi connectivity index (χ4v) is 0.402. The van der Waals surface area contributed by atoms with Crippen LogP contribution in [0, 0.1) is 0 Å². The van der Waals surface area contributed by atoms with Crippen molar-refractivity contribution >= 4 is 29.3 Å². The first-order valence-corrected chi connectivity index (χ1v) is 2.74. The number of carbonyl (C=O) groups is 2. The van der Waals surface area contributed by atoms with Gasteiger partial charge in [0.2, 0.25) is 0 Å². The van der Waals surface area contributed by atoms with Gasteiger partial charge in [-0.05, 0) is 6.42 Å². The molecule has 0 aliphatic carbocycles. The van der Waals surface area contributed by atoms with E-state index in [-0.39, 0.29) is 30.2 Å². The maximum Gasteiger partial charge on any atom is 0.320 e. The number of carboxylic acid groups (broad SMARTS) is 2. The van der Waals surface area contributed by atoms with Crippen molar-refractivity contribution in [2.45, 2.75) is 18.9 Å². The molecule has 0 aliphatic rings. The molecular formula is C5H9AlNO4. The molecule has 1 atom stereocenters. The lowest BCUT2D eigenvalue weighted by Crippen LogP contribution is -2.30. The molecule has 0 aromatic rings. The van der Waals surface area contributed by atoms with E-state index in [1.54, 1.807) is 0 Å². The predicted molar refractivity (Wildman–Crippen MR) is 38.2 cm³/mol. The van der Waals surface area contributed by atoms with Gasteiger partial charge < -0.3 is 15.9 Å². The van der Waals surface area contributed by atoms with Crippen LogP contribution in [0.1, 0.15) is 12.8 Å². The van der Waals surface area contributed by atoms with Gasteiger partial charge in [-0.3, -0.25) is 9.59 Å². The van der Waals surface area contributed by atoms with Gasteiger partial charge in [-0.15, -0.1) is 0 Å².